The molecule has 1 atom stereocenters. The molecule has 0 aliphatic rings. The van der Waals surface area contributed by atoms with Crippen LogP contribution in [0.15, 0.2) is 0 Å². The van der Waals surface area contributed by atoms with E-state index < -0.39 is 9.84 Å². The summed E-state index contributed by atoms with van der Waals surface area (Å²) in [5, 5.41) is 0. The Balaban J connectivity index is 3.85. The van der Waals surface area contributed by atoms with Gasteiger partial charge in [-0.05, 0) is 12.8 Å². The number of ether oxygens (including phenoxy) is 1. The molecule has 0 spiro atoms. The predicted molar refractivity (Wildman–Crippen MR) is 55.0 cm³/mol. The van der Waals surface area contributed by atoms with Crippen molar-refractivity contribution < 1.29 is 17.9 Å². The maximum atomic E-state index is 11.4. The number of hydrogen-bond donors (Lipinski definition) is 0. The Bertz CT molecular complexity index is 265. The van der Waals surface area contributed by atoms with Crippen molar-refractivity contribution in [2.75, 3.05) is 19.1 Å². The topological polar surface area (TPSA) is 60.4 Å². The van der Waals surface area contributed by atoms with Gasteiger partial charge in [-0.25, -0.2) is 8.42 Å². The van der Waals surface area contributed by atoms with Crippen LogP contribution < -0.4 is 0 Å². The minimum absolute atomic E-state index is 0.0151. The van der Waals surface area contributed by atoms with Crippen molar-refractivity contribution in [3.8, 4) is 0 Å². The summed E-state index contributed by atoms with van der Waals surface area (Å²) in [6, 6.07) is 0. The van der Waals surface area contributed by atoms with E-state index in [0.29, 0.717) is 12.8 Å². The molecule has 0 aromatic heterocycles. The van der Waals surface area contributed by atoms with Gasteiger partial charge in [-0.1, -0.05) is 6.92 Å². The lowest BCUT2D eigenvalue weighted by molar-refractivity contribution is -0.128. The van der Waals surface area contributed by atoms with Crippen LogP contribution in [0.3, 0.4) is 0 Å². The van der Waals surface area contributed by atoms with Gasteiger partial charge >= 0.3 is 0 Å². The van der Waals surface area contributed by atoms with Gasteiger partial charge in [0.15, 0.2) is 5.78 Å². The van der Waals surface area contributed by atoms with E-state index >= 15 is 0 Å². The van der Waals surface area contributed by atoms with Crippen LogP contribution in [0.4, 0.5) is 0 Å². The van der Waals surface area contributed by atoms with Gasteiger partial charge in [0.25, 0.3) is 0 Å². The molecular formula is C9H18O4S. The fourth-order valence-electron chi connectivity index (χ4n) is 1.20. The molecule has 1 unspecified atom stereocenters. The maximum Gasteiger partial charge on any atom is 0.161 e. The first-order valence-electron chi connectivity index (χ1n) is 4.64. The highest BCUT2D eigenvalue weighted by molar-refractivity contribution is 7.90. The number of hydrogen-bond acceptors (Lipinski definition) is 4. The SMILES string of the molecule is CCC(OC)C(=O)CCCS(C)(=O)=O. The van der Waals surface area contributed by atoms with Gasteiger partial charge in [0.2, 0.25) is 0 Å². The molecule has 0 saturated heterocycles. The van der Waals surface area contributed by atoms with Crippen molar-refractivity contribution in [3.63, 3.8) is 0 Å². The van der Waals surface area contributed by atoms with E-state index in [4.69, 9.17) is 4.74 Å². The van der Waals surface area contributed by atoms with E-state index in [1.165, 1.54) is 13.4 Å². The molecule has 0 rings (SSSR count). The molecule has 0 saturated carbocycles. The van der Waals surface area contributed by atoms with Gasteiger partial charge in [-0.3, -0.25) is 4.79 Å². The standard InChI is InChI=1S/C9H18O4S/c1-4-9(13-2)8(10)6-5-7-14(3,11)12/h9H,4-7H2,1-3H3. The molecule has 0 aliphatic carbocycles. The van der Waals surface area contributed by atoms with E-state index in [1.54, 1.807) is 0 Å². The lowest BCUT2D eigenvalue weighted by Crippen LogP contribution is -2.22. The Morgan fingerprint density at radius 3 is 2.36 bits per heavy atom. The minimum atomic E-state index is -2.95. The molecule has 14 heavy (non-hydrogen) atoms. The molecule has 0 aliphatic heterocycles. The smallest absolute Gasteiger partial charge is 0.161 e. The second-order valence-corrected chi connectivity index (χ2v) is 5.59. The van der Waals surface area contributed by atoms with Crippen LogP contribution in [0.25, 0.3) is 0 Å². The Kier molecular flexibility index (Phi) is 5.95. The van der Waals surface area contributed by atoms with Crippen molar-refractivity contribution in [3.05, 3.63) is 0 Å². The predicted octanol–water partition coefficient (Wildman–Crippen LogP) is 0.805. The zero-order valence-electron chi connectivity index (χ0n) is 8.95. The molecular weight excluding hydrogens is 204 g/mol. The second-order valence-electron chi connectivity index (χ2n) is 3.33. The Labute approximate surface area is 85.6 Å². The zero-order valence-corrected chi connectivity index (χ0v) is 9.76. The molecule has 84 valence electrons. The van der Waals surface area contributed by atoms with E-state index in [9.17, 15) is 13.2 Å². The van der Waals surface area contributed by atoms with E-state index in [2.05, 4.69) is 0 Å². The molecule has 0 fully saturated rings. The van der Waals surface area contributed by atoms with Gasteiger partial charge in [0.1, 0.15) is 15.9 Å². The Morgan fingerprint density at radius 1 is 1.43 bits per heavy atom. The van der Waals surface area contributed by atoms with Crippen LogP contribution in [-0.4, -0.2) is 39.4 Å². The number of Topliss-reactive ketones (excluding diaryl/α,β-unsaturated/α-hetero) is 1. The van der Waals surface area contributed by atoms with Gasteiger partial charge in [0, 0.05) is 19.8 Å². The van der Waals surface area contributed by atoms with E-state index in [1.807, 2.05) is 6.92 Å². The molecule has 0 bridgehead atoms. The third kappa shape index (κ3) is 6.10. The van der Waals surface area contributed by atoms with Gasteiger partial charge in [0.05, 0.1) is 5.75 Å². The van der Waals surface area contributed by atoms with E-state index in [-0.39, 0.29) is 24.1 Å². The lowest BCUT2D eigenvalue weighted by atomic mass is 10.1. The van der Waals surface area contributed by atoms with Crippen molar-refractivity contribution in [2.24, 2.45) is 0 Å². The van der Waals surface area contributed by atoms with Crippen molar-refractivity contribution in [1.82, 2.24) is 0 Å². The number of methoxy groups -OCH3 is 1. The lowest BCUT2D eigenvalue weighted by Gasteiger charge is -2.10. The minimum Gasteiger partial charge on any atom is -0.374 e. The first-order chi connectivity index (χ1) is 6.40. The molecule has 0 amide bonds. The summed E-state index contributed by atoms with van der Waals surface area (Å²) >= 11 is 0. The van der Waals surface area contributed by atoms with Crippen LogP contribution >= 0.6 is 0 Å². The normalized spacial score (nSPS) is 13.9. The fraction of sp³-hybridized carbons (Fsp3) is 0.889. The first kappa shape index (κ1) is 13.6. The average Bonchev–Trinajstić information content (AvgIpc) is 2.04. The molecule has 0 heterocycles. The third-order valence-corrected chi connectivity index (χ3v) is 2.98. The fourth-order valence-corrected chi connectivity index (χ4v) is 1.86. The van der Waals surface area contributed by atoms with Crippen molar-refractivity contribution >= 4 is 15.6 Å². The van der Waals surface area contributed by atoms with Crippen LogP contribution in [0, 0.1) is 0 Å². The average molecular weight is 222 g/mol. The molecule has 0 aromatic carbocycles. The molecule has 0 N–H and O–H groups in total. The maximum absolute atomic E-state index is 11.4. The Hall–Kier alpha value is -0.420. The Morgan fingerprint density at radius 2 is 2.00 bits per heavy atom. The highest BCUT2D eigenvalue weighted by atomic mass is 32.2. The van der Waals surface area contributed by atoms with Gasteiger partial charge in [-0.15, -0.1) is 0 Å². The van der Waals surface area contributed by atoms with Crippen LogP contribution in [0.1, 0.15) is 26.2 Å². The summed E-state index contributed by atoms with van der Waals surface area (Å²) < 4.78 is 26.5. The number of carbonyl (C=O) groups is 1. The summed E-state index contributed by atoms with van der Waals surface area (Å²) in [5.41, 5.74) is 0. The zero-order chi connectivity index (χ0) is 11.2. The largest absolute Gasteiger partial charge is 0.374 e. The number of sulfone groups is 1. The summed E-state index contributed by atoms with van der Waals surface area (Å²) in [7, 11) is -1.46. The molecule has 0 aromatic rings. The van der Waals surface area contributed by atoms with Gasteiger partial charge < -0.3 is 4.74 Å². The first-order valence-corrected chi connectivity index (χ1v) is 6.70. The summed E-state index contributed by atoms with van der Waals surface area (Å²) in [6.07, 6.45) is 2.09. The number of carbonyl (C=O) groups excluding carboxylic acids is 1. The van der Waals surface area contributed by atoms with Gasteiger partial charge in [-0.2, -0.15) is 0 Å². The molecule has 0 radical (unpaired) electrons. The van der Waals surface area contributed by atoms with Crippen LogP contribution in [0.2, 0.25) is 0 Å². The van der Waals surface area contributed by atoms with E-state index in [0.717, 1.165) is 0 Å². The monoisotopic (exact) mass is 222 g/mol. The third-order valence-electron chi connectivity index (χ3n) is 1.95. The molecule has 5 heteroatoms. The highest BCUT2D eigenvalue weighted by Crippen LogP contribution is 2.04. The summed E-state index contributed by atoms with van der Waals surface area (Å²) in [4.78, 5) is 11.4. The van der Waals surface area contributed by atoms with Crippen molar-refractivity contribution in [2.45, 2.75) is 32.3 Å². The quantitative estimate of drug-likeness (QED) is 0.639. The van der Waals surface area contributed by atoms with Crippen LogP contribution in [0.5, 0.6) is 0 Å². The molecule has 4 nitrogen and oxygen atoms in total. The summed E-state index contributed by atoms with van der Waals surface area (Å²) in [6.45, 7) is 1.86. The number of rotatable bonds is 7. The second kappa shape index (κ2) is 6.14. The number of ketones is 1. The highest BCUT2D eigenvalue weighted by Gasteiger charge is 2.15. The summed E-state index contributed by atoms with van der Waals surface area (Å²) in [5.74, 6) is 0.0532. The van der Waals surface area contributed by atoms with Crippen molar-refractivity contribution in [1.29, 1.82) is 0 Å². The van der Waals surface area contributed by atoms with Crippen LogP contribution in [-0.2, 0) is 19.4 Å².